The van der Waals surface area contributed by atoms with Crippen LogP contribution in [0.4, 0.5) is 0 Å². The van der Waals surface area contributed by atoms with Crippen LogP contribution < -0.4 is 10.2 Å². The van der Waals surface area contributed by atoms with Gasteiger partial charge in [-0.05, 0) is 6.42 Å². The number of carboxylic acid groups (broad SMARTS) is 2. The van der Waals surface area contributed by atoms with E-state index in [0.29, 0.717) is 6.42 Å². The molecule has 114 valence electrons. The maximum Gasteiger partial charge on any atom is 2.00 e. The van der Waals surface area contributed by atoms with Crippen LogP contribution in [-0.2, 0) is 9.59 Å². The van der Waals surface area contributed by atoms with E-state index in [-0.39, 0.29) is 29.5 Å². The van der Waals surface area contributed by atoms with Crippen LogP contribution in [0.5, 0.6) is 0 Å². The minimum Gasteiger partial charge on any atom is -0.550 e. The summed E-state index contributed by atoms with van der Waals surface area (Å²) in [6.07, 6.45) is -7.23. The Morgan fingerprint density at radius 3 is 1.70 bits per heavy atom. The number of aliphatic carboxylic acids is 2. The number of carbonyl (C=O) groups excluding carboxylic acids is 2. The first-order chi connectivity index (χ1) is 8.68. The molecule has 0 heterocycles. The minimum atomic E-state index is -2.31. The molecule has 0 bridgehead atoms. The van der Waals surface area contributed by atoms with Gasteiger partial charge in [-0.1, -0.05) is 13.3 Å². The molecule has 0 fully saturated rings. The minimum absolute atomic E-state index is 0. The van der Waals surface area contributed by atoms with E-state index in [1.165, 1.54) is 0 Å². The second-order valence-electron chi connectivity index (χ2n) is 3.62. The summed E-state index contributed by atoms with van der Waals surface area (Å²) in [6.45, 7) is 0.938. The number of aliphatic hydroxyl groups excluding tert-OH is 5. The SMILES string of the molecule is CCCC(=O)[O-].O=C([O-])[C@H](O)[C@@H](O)[C@H](O)[C@H](O)CO.[Mg+2]. The van der Waals surface area contributed by atoms with E-state index >= 15 is 0 Å². The Balaban J connectivity index is -0.000000352. The maximum absolute atomic E-state index is 9.98. The molecule has 4 atom stereocenters. The normalized spacial score (nSPS) is 15.7. The number of aliphatic hydroxyl groups is 5. The second-order valence-corrected chi connectivity index (χ2v) is 3.62. The number of carboxylic acids is 2. The first-order valence-corrected chi connectivity index (χ1v) is 5.42. The van der Waals surface area contributed by atoms with Crippen LogP contribution in [0.2, 0.25) is 0 Å². The summed E-state index contributed by atoms with van der Waals surface area (Å²) in [6, 6.07) is 0. The molecule has 0 aromatic heterocycles. The van der Waals surface area contributed by atoms with E-state index in [2.05, 4.69) is 0 Å². The monoisotopic (exact) mass is 306 g/mol. The van der Waals surface area contributed by atoms with Gasteiger partial charge in [0.25, 0.3) is 0 Å². The van der Waals surface area contributed by atoms with Gasteiger partial charge in [-0.15, -0.1) is 0 Å². The maximum atomic E-state index is 9.98. The van der Waals surface area contributed by atoms with Crippen molar-refractivity contribution in [3.05, 3.63) is 0 Å². The molecule has 0 aliphatic heterocycles. The topological polar surface area (TPSA) is 181 Å². The molecule has 0 amide bonds. The van der Waals surface area contributed by atoms with Crippen LogP contribution in [0.1, 0.15) is 19.8 Å². The quantitative estimate of drug-likeness (QED) is 0.286. The average molecular weight is 307 g/mol. The Morgan fingerprint density at radius 1 is 1.05 bits per heavy atom. The zero-order chi connectivity index (χ0) is 15.6. The number of hydrogen-bond acceptors (Lipinski definition) is 9. The predicted molar refractivity (Wildman–Crippen MR) is 61.8 cm³/mol. The van der Waals surface area contributed by atoms with Gasteiger partial charge in [-0.25, -0.2) is 0 Å². The van der Waals surface area contributed by atoms with E-state index in [4.69, 9.17) is 25.5 Å². The van der Waals surface area contributed by atoms with Crippen LogP contribution in [0, 0.1) is 0 Å². The summed E-state index contributed by atoms with van der Waals surface area (Å²) in [5.74, 6) is -2.94. The molecule has 0 radical (unpaired) electrons. The molecule has 0 saturated carbocycles. The Bertz CT molecular complexity index is 273. The molecule has 5 N–H and O–H groups in total. The van der Waals surface area contributed by atoms with Crippen LogP contribution >= 0.6 is 0 Å². The van der Waals surface area contributed by atoms with E-state index in [1.54, 1.807) is 6.92 Å². The van der Waals surface area contributed by atoms with E-state index < -0.39 is 43.0 Å². The summed E-state index contributed by atoms with van der Waals surface area (Å²) in [4.78, 5) is 19.5. The Kier molecular flexibility index (Phi) is 16.5. The van der Waals surface area contributed by atoms with Gasteiger partial charge in [-0.3, -0.25) is 0 Å². The molecule has 0 aliphatic carbocycles. The summed E-state index contributed by atoms with van der Waals surface area (Å²) in [5.41, 5.74) is 0. The fourth-order valence-electron chi connectivity index (χ4n) is 0.866. The summed E-state index contributed by atoms with van der Waals surface area (Å²) in [7, 11) is 0. The molecule has 0 aliphatic rings. The average Bonchev–Trinajstić information content (AvgIpc) is 2.35. The van der Waals surface area contributed by atoms with Crippen molar-refractivity contribution >= 4 is 35.0 Å². The van der Waals surface area contributed by atoms with Crippen molar-refractivity contribution < 1.29 is 45.3 Å². The number of hydrogen-bond donors (Lipinski definition) is 5. The van der Waals surface area contributed by atoms with Gasteiger partial charge >= 0.3 is 23.1 Å². The first-order valence-electron chi connectivity index (χ1n) is 5.42. The van der Waals surface area contributed by atoms with Gasteiger partial charge in [-0.2, -0.15) is 0 Å². The van der Waals surface area contributed by atoms with Gasteiger partial charge in [0.15, 0.2) is 0 Å². The molecular weight excluding hydrogens is 288 g/mol. The van der Waals surface area contributed by atoms with Crippen molar-refractivity contribution in [2.24, 2.45) is 0 Å². The fourth-order valence-corrected chi connectivity index (χ4v) is 0.866. The molecule has 0 rings (SSSR count). The molecule has 0 saturated heterocycles. The fraction of sp³-hybridized carbons (Fsp3) is 0.800. The molecule has 0 aromatic rings. The number of carbonyl (C=O) groups is 2. The van der Waals surface area contributed by atoms with Crippen LogP contribution in [0.3, 0.4) is 0 Å². The largest absolute Gasteiger partial charge is 2.00 e. The van der Waals surface area contributed by atoms with Gasteiger partial charge < -0.3 is 45.3 Å². The summed E-state index contributed by atoms with van der Waals surface area (Å²) < 4.78 is 0. The third-order valence-electron chi connectivity index (χ3n) is 1.95. The van der Waals surface area contributed by atoms with Crippen molar-refractivity contribution in [2.45, 2.75) is 44.2 Å². The first kappa shape index (κ1) is 24.5. The molecular formula is C10H18MgO9. The molecule has 0 aromatic carbocycles. The smallest absolute Gasteiger partial charge is 0.550 e. The van der Waals surface area contributed by atoms with E-state index in [1.807, 2.05) is 0 Å². The third-order valence-corrected chi connectivity index (χ3v) is 1.95. The van der Waals surface area contributed by atoms with Gasteiger partial charge in [0.05, 0.1) is 12.6 Å². The van der Waals surface area contributed by atoms with Crippen LogP contribution in [-0.4, -0.2) is 91.5 Å². The van der Waals surface area contributed by atoms with Gasteiger partial charge in [0.2, 0.25) is 0 Å². The Morgan fingerprint density at radius 2 is 1.50 bits per heavy atom. The van der Waals surface area contributed by atoms with Crippen molar-refractivity contribution in [3.63, 3.8) is 0 Å². The standard InChI is InChI=1S/C6H12O7.C4H8O2.Mg/c7-1-2(8)3(9)4(10)5(11)6(12)13;1-2-3-4(5)6;/h2-5,7-11H,1H2,(H,12,13);2-3H2,1H3,(H,5,6);/q;;+2/p-2/t2-,3-,4+,5-;;/m1../s1. The predicted octanol–water partition coefficient (Wildman–Crippen LogP) is -5.67. The molecule has 0 unspecified atom stereocenters. The van der Waals surface area contributed by atoms with Crippen molar-refractivity contribution in [3.8, 4) is 0 Å². The summed E-state index contributed by atoms with van der Waals surface area (Å²) in [5, 5.41) is 62.9. The Labute approximate surface area is 131 Å². The zero-order valence-corrected chi connectivity index (χ0v) is 12.4. The van der Waals surface area contributed by atoms with Crippen LogP contribution in [0.15, 0.2) is 0 Å². The van der Waals surface area contributed by atoms with Gasteiger partial charge in [0.1, 0.15) is 24.4 Å². The van der Waals surface area contributed by atoms with E-state index in [0.717, 1.165) is 0 Å². The Hall–Kier alpha value is -0.494. The van der Waals surface area contributed by atoms with Crippen molar-refractivity contribution in [1.82, 2.24) is 0 Å². The van der Waals surface area contributed by atoms with Crippen molar-refractivity contribution in [1.29, 1.82) is 0 Å². The van der Waals surface area contributed by atoms with Crippen molar-refractivity contribution in [2.75, 3.05) is 6.61 Å². The molecule has 0 spiro atoms. The second kappa shape index (κ2) is 13.5. The summed E-state index contributed by atoms with van der Waals surface area (Å²) >= 11 is 0. The zero-order valence-electron chi connectivity index (χ0n) is 11.0. The third kappa shape index (κ3) is 11.3. The molecule has 10 heteroatoms. The van der Waals surface area contributed by atoms with Crippen LogP contribution in [0.25, 0.3) is 0 Å². The molecule has 9 nitrogen and oxygen atoms in total. The van der Waals surface area contributed by atoms with Gasteiger partial charge in [0, 0.05) is 5.97 Å². The molecule has 20 heavy (non-hydrogen) atoms. The number of rotatable bonds is 7. The van der Waals surface area contributed by atoms with E-state index in [9.17, 15) is 19.8 Å².